The molecule has 2 heterocycles. The molecular weight excluding hydrogens is 202 g/mol. The zero-order valence-corrected chi connectivity index (χ0v) is 10.1. The normalized spacial score (nSPS) is 24.5. The van der Waals surface area contributed by atoms with Crippen LogP contribution in [0.25, 0.3) is 0 Å². The zero-order chi connectivity index (χ0) is 11.4. The van der Waals surface area contributed by atoms with Gasteiger partial charge in [-0.15, -0.1) is 0 Å². The van der Waals surface area contributed by atoms with Gasteiger partial charge in [0.2, 0.25) is 0 Å². The molecule has 0 aliphatic carbocycles. The summed E-state index contributed by atoms with van der Waals surface area (Å²) >= 11 is 0. The van der Waals surface area contributed by atoms with E-state index in [9.17, 15) is 0 Å². The number of furan rings is 1. The lowest BCUT2D eigenvalue weighted by Gasteiger charge is -2.21. The van der Waals surface area contributed by atoms with Crippen molar-refractivity contribution in [3.05, 3.63) is 24.2 Å². The van der Waals surface area contributed by atoms with Crippen LogP contribution in [-0.4, -0.2) is 18.8 Å². The monoisotopic (exact) mass is 223 g/mol. The number of hydrogen-bond acceptors (Lipinski definition) is 3. The zero-order valence-electron chi connectivity index (χ0n) is 10.1. The molecule has 0 aromatic carbocycles. The number of ether oxygens (including phenoxy) is 1. The Bertz CT molecular complexity index is 291. The summed E-state index contributed by atoms with van der Waals surface area (Å²) < 4.78 is 11.0. The molecule has 2 rings (SSSR count). The summed E-state index contributed by atoms with van der Waals surface area (Å²) in [6.07, 6.45) is 5.68. The fourth-order valence-corrected chi connectivity index (χ4v) is 2.34. The summed E-state index contributed by atoms with van der Waals surface area (Å²) in [6, 6.07) is 4.67. The Hall–Kier alpha value is -0.800. The van der Waals surface area contributed by atoms with Crippen molar-refractivity contribution in [2.24, 2.45) is 0 Å². The molecule has 1 N–H and O–H groups in total. The minimum atomic E-state index is 0.270. The van der Waals surface area contributed by atoms with Crippen LogP contribution in [0.15, 0.2) is 22.8 Å². The Kier molecular flexibility index (Phi) is 4.02. The van der Waals surface area contributed by atoms with Gasteiger partial charge in [0.05, 0.1) is 18.4 Å². The van der Waals surface area contributed by atoms with Crippen molar-refractivity contribution in [2.45, 2.75) is 51.3 Å². The largest absolute Gasteiger partial charge is 0.468 e. The van der Waals surface area contributed by atoms with Gasteiger partial charge in [-0.05, 0) is 45.2 Å². The summed E-state index contributed by atoms with van der Waals surface area (Å²) in [7, 11) is 0. The van der Waals surface area contributed by atoms with Gasteiger partial charge in [0.1, 0.15) is 5.76 Å². The minimum Gasteiger partial charge on any atom is -0.468 e. The lowest BCUT2D eigenvalue weighted by atomic mass is 10.1. The molecule has 1 aliphatic heterocycles. The molecule has 16 heavy (non-hydrogen) atoms. The fourth-order valence-electron chi connectivity index (χ4n) is 2.34. The van der Waals surface area contributed by atoms with Crippen LogP contribution in [0.1, 0.15) is 44.9 Å². The second kappa shape index (κ2) is 5.51. The maximum atomic E-state index is 5.63. The van der Waals surface area contributed by atoms with E-state index in [1.165, 1.54) is 12.8 Å². The van der Waals surface area contributed by atoms with Gasteiger partial charge >= 0.3 is 0 Å². The van der Waals surface area contributed by atoms with E-state index in [1.54, 1.807) is 6.26 Å². The standard InChI is InChI=1S/C13H21NO2/c1-10(9-12-5-3-7-15-12)14-11(2)13-6-4-8-16-13/h4,6,8,10-12,14H,3,5,7,9H2,1-2H3. The van der Waals surface area contributed by atoms with Crippen molar-refractivity contribution in [1.29, 1.82) is 0 Å². The SMILES string of the molecule is CC(CC1CCCO1)NC(C)c1ccco1. The van der Waals surface area contributed by atoms with Crippen molar-refractivity contribution in [2.75, 3.05) is 6.61 Å². The first-order chi connectivity index (χ1) is 7.75. The molecule has 3 atom stereocenters. The lowest BCUT2D eigenvalue weighted by molar-refractivity contribution is 0.0949. The van der Waals surface area contributed by atoms with Gasteiger partial charge in [0.25, 0.3) is 0 Å². The lowest BCUT2D eigenvalue weighted by Crippen LogP contribution is -2.31. The molecule has 3 nitrogen and oxygen atoms in total. The molecule has 1 fully saturated rings. The van der Waals surface area contributed by atoms with Gasteiger partial charge in [-0.25, -0.2) is 0 Å². The van der Waals surface area contributed by atoms with E-state index >= 15 is 0 Å². The molecule has 1 aliphatic rings. The van der Waals surface area contributed by atoms with Gasteiger partial charge in [0, 0.05) is 12.6 Å². The summed E-state index contributed by atoms with van der Waals surface area (Å²) in [6.45, 7) is 5.27. The van der Waals surface area contributed by atoms with Crippen molar-refractivity contribution in [1.82, 2.24) is 5.32 Å². The van der Waals surface area contributed by atoms with Crippen molar-refractivity contribution in [3.63, 3.8) is 0 Å². The smallest absolute Gasteiger partial charge is 0.120 e. The van der Waals surface area contributed by atoms with Crippen LogP contribution in [0, 0.1) is 0 Å². The Balaban J connectivity index is 1.75. The van der Waals surface area contributed by atoms with Crippen LogP contribution in [-0.2, 0) is 4.74 Å². The maximum Gasteiger partial charge on any atom is 0.120 e. The molecule has 0 amide bonds. The van der Waals surface area contributed by atoms with Crippen LogP contribution in [0.2, 0.25) is 0 Å². The summed E-state index contributed by atoms with van der Waals surface area (Å²) in [4.78, 5) is 0. The van der Waals surface area contributed by atoms with E-state index in [0.717, 1.165) is 18.8 Å². The highest BCUT2D eigenvalue weighted by molar-refractivity contribution is 5.03. The highest BCUT2D eigenvalue weighted by Crippen LogP contribution is 2.19. The summed E-state index contributed by atoms with van der Waals surface area (Å²) in [5, 5.41) is 3.54. The average molecular weight is 223 g/mol. The van der Waals surface area contributed by atoms with E-state index in [-0.39, 0.29) is 6.04 Å². The van der Waals surface area contributed by atoms with E-state index in [0.29, 0.717) is 12.1 Å². The molecule has 90 valence electrons. The number of nitrogens with one attached hydrogen (secondary N) is 1. The second-order valence-corrected chi connectivity index (χ2v) is 4.68. The van der Waals surface area contributed by atoms with Gasteiger partial charge in [-0.3, -0.25) is 0 Å². The van der Waals surface area contributed by atoms with E-state index < -0.39 is 0 Å². The molecular formula is C13H21NO2. The molecule has 0 spiro atoms. The first-order valence-corrected chi connectivity index (χ1v) is 6.17. The molecule has 3 heteroatoms. The first-order valence-electron chi connectivity index (χ1n) is 6.17. The van der Waals surface area contributed by atoms with Crippen LogP contribution >= 0.6 is 0 Å². The fraction of sp³-hybridized carbons (Fsp3) is 0.692. The third-order valence-corrected chi connectivity index (χ3v) is 3.14. The number of hydrogen-bond donors (Lipinski definition) is 1. The van der Waals surface area contributed by atoms with Crippen molar-refractivity contribution in [3.8, 4) is 0 Å². The van der Waals surface area contributed by atoms with Gasteiger partial charge < -0.3 is 14.5 Å². The first kappa shape index (κ1) is 11.7. The van der Waals surface area contributed by atoms with Crippen molar-refractivity contribution < 1.29 is 9.15 Å². The van der Waals surface area contributed by atoms with E-state index in [4.69, 9.17) is 9.15 Å². The topological polar surface area (TPSA) is 34.4 Å². The highest BCUT2D eigenvalue weighted by atomic mass is 16.5. The molecule has 0 bridgehead atoms. The Morgan fingerprint density at radius 1 is 1.50 bits per heavy atom. The molecule has 0 radical (unpaired) electrons. The molecule has 1 saturated heterocycles. The highest BCUT2D eigenvalue weighted by Gasteiger charge is 2.20. The van der Waals surface area contributed by atoms with Crippen LogP contribution in [0.3, 0.4) is 0 Å². The second-order valence-electron chi connectivity index (χ2n) is 4.68. The molecule has 1 aromatic rings. The van der Waals surface area contributed by atoms with E-state index in [2.05, 4.69) is 19.2 Å². The quantitative estimate of drug-likeness (QED) is 0.833. The average Bonchev–Trinajstić information content (AvgIpc) is 2.88. The molecule has 3 unspecified atom stereocenters. The Morgan fingerprint density at radius 3 is 3.00 bits per heavy atom. The van der Waals surface area contributed by atoms with Crippen LogP contribution < -0.4 is 5.32 Å². The number of rotatable bonds is 5. The van der Waals surface area contributed by atoms with Gasteiger partial charge in [-0.2, -0.15) is 0 Å². The summed E-state index contributed by atoms with van der Waals surface area (Å²) in [5.74, 6) is 0.999. The van der Waals surface area contributed by atoms with Gasteiger partial charge in [-0.1, -0.05) is 0 Å². The molecule has 1 aromatic heterocycles. The predicted octanol–water partition coefficient (Wildman–Crippen LogP) is 2.89. The third kappa shape index (κ3) is 3.09. The summed E-state index contributed by atoms with van der Waals surface area (Å²) in [5.41, 5.74) is 0. The third-order valence-electron chi connectivity index (χ3n) is 3.14. The minimum absolute atomic E-state index is 0.270. The molecule has 0 saturated carbocycles. The predicted molar refractivity (Wildman–Crippen MR) is 63.3 cm³/mol. The maximum absolute atomic E-state index is 5.63. The van der Waals surface area contributed by atoms with E-state index in [1.807, 2.05) is 12.1 Å². The van der Waals surface area contributed by atoms with Crippen LogP contribution in [0.4, 0.5) is 0 Å². The van der Waals surface area contributed by atoms with Crippen molar-refractivity contribution >= 4 is 0 Å². The Labute approximate surface area is 97.2 Å². The van der Waals surface area contributed by atoms with Crippen LogP contribution in [0.5, 0.6) is 0 Å². The Morgan fingerprint density at radius 2 is 2.38 bits per heavy atom. The van der Waals surface area contributed by atoms with Gasteiger partial charge in [0.15, 0.2) is 0 Å².